The second-order valence-electron chi connectivity index (χ2n) is 11.2. The van der Waals surface area contributed by atoms with Crippen LogP contribution in [0.4, 0.5) is 29.6 Å². The number of nitrogens with one attached hydrogen (secondary N) is 2. The molecular weight excluding hydrogens is 575 g/mol. The Morgan fingerprint density at radius 1 is 1.07 bits per heavy atom. The molecule has 3 amide bonds. The van der Waals surface area contributed by atoms with Crippen LogP contribution in [0.15, 0.2) is 48.5 Å². The summed E-state index contributed by atoms with van der Waals surface area (Å²) in [5, 5.41) is 15.7. The standard InChI is InChI=1S/C29H34F3N7O3.C2H6/c1-2-3-4-20-13-15-28(16-14-20)18-38(17-21-5-7-22(8-6-21)25(40)33-26-34-36-37-35-26)27(41)39(19-28)23-9-11-24(12-10-23)42-29(30,31)32;1-2/h5-12,20H,2-4,13-19H2,1H3,(H2,33,34,35,36,37,40);1-2H3. The Bertz CT molecular complexity index is 1340. The number of carbonyl (C=O) groups is 2. The van der Waals surface area contributed by atoms with Crippen LogP contribution < -0.4 is 15.0 Å². The molecule has 0 bridgehead atoms. The highest BCUT2D eigenvalue weighted by atomic mass is 19.4. The van der Waals surface area contributed by atoms with Gasteiger partial charge in [0.2, 0.25) is 0 Å². The van der Waals surface area contributed by atoms with E-state index in [0.717, 1.165) is 31.2 Å². The summed E-state index contributed by atoms with van der Waals surface area (Å²) in [4.78, 5) is 29.8. The zero-order chi connectivity index (χ0) is 31.7. The average Bonchev–Trinajstić information content (AvgIpc) is 3.53. The van der Waals surface area contributed by atoms with Gasteiger partial charge < -0.3 is 9.64 Å². The van der Waals surface area contributed by atoms with Gasteiger partial charge in [0, 0.05) is 36.3 Å². The van der Waals surface area contributed by atoms with Crippen LogP contribution in [0.1, 0.15) is 81.6 Å². The number of amides is 3. The molecule has 2 aromatic carbocycles. The average molecular weight is 616 g/mol. The number of hydrogen-bond acceptors (Lipinski definition) is 6. The van der Waals surface area contributed by atoms with Crippen molar-refractivity contribution in [3.05, 3.63) is 59.7 Å². The first kappa shape index (κ1) is 32.7. The molecule has 5 rings (SSSR count). The number of unbranched alkanes of at least 4 members (excludes halogenated alkanes) is 1. The van der Waals surface area contributed by atoms with Gasteiger partial charge in [0.15, 0.2) is 0 Å². The number of alkyl halides is 3. The second-order valence-corrected chi connectivity index (χ2v) is 11.2. The van der Waals surface area contributed by atoms with Gasteiger partial charge in [0.1, 0.15) is 5.75 Å². The number of halogens is 3. The van der Waals surface area contributed by atoms with Crippen LogP contribution in [0.2, 0.25) is 0 Å². The third kappa shape index (κ3) is 8.48. The van der Waals surface area contributed by atoms with Gasteiger partial charge in [-0.05, 0) is 78.8 Å². The maximum Gasteiger partial charge on any atom is 0.573 e. The Morgan fingerprint density at radius 2 is 1.75 bits per heavy atom. The zero-order valence-electron chi connectivity index (χ0n) is 25.4. The van der Waals surface area contributed by atoms with Crippen LogP contribution in [0, 0.1) is 11.3 Å². The Balaban J connectivity index is 0.00000216. The molecule has 2 heterocycles. The number of urea groups is 1. The molecule has 2 N–H and O–H groups in total. The normalized spacial score (nSPS) is 20.2. The minimum atomic E-state index is -4.79. The molecular formula is C31H40F3N7O3. The van der Waals surface area contributed by atoms with E-state index in [1.165, 1.54) is 43.5 Å². The number of hydrogen-bond donors (Lipinski definition) is 2. The summed E-state index contributed by atoms with van der Waals surface area (Å²) in [7, 11) is 0. The van der Waals surface area contributed by atoms with Crippen molar-refractivity contribution in [2.45, 2.75) is 78.6 Å². The number of tetrazole rings is 1. The Kier molecular flexibility index (Phi) is 10.8. The number of aromatic nitrogens is 4. The number of ether oxygens (including phenoxy) is 1. The van der Waals surface area contributed by atoms with E-state index < -0.39 is 6.36 Å². The summed E-state index contributed by atoms with van der Waals surface area (Å²) in [6, 6.07) is 12.2. The Morgan fingerprint density at radius 3 is 2.34 bits per heavy atom. The summed E-state index contributed by atoms with van der Waals surface area (Å²) >= 11 is 0. The number of rotatable bonds is 9. The highest BCUT2D eigenvalue weighted by Gasteiger charge is 2.45. The number of H-pyrrole nitrogens is 1. The SMILES string of the molecule is CC.CCCCC1CCC2(CC1)CN(Cc1ccc(C(=O)Nc3nn[nH]n3)cc1)C(=O)N(c1ccc(OC(F)(F)F)cc1)C2. The molecule has 1 spiro atoms. The fraction of sp³-hybridized carbons (Fsp3) is 0.516. The number of carbonyl (C=O) groups excluding carboxylic acids is 2. The lowest BCUT2D eigenvalue weighted by atomic mass is 9.68. The van der Waals surface area contributed by atoms with Gasteiger partial charge in [0.25, 0.3) is 11.9 Å². The molecule has 13 heteroatoms. The van der Waals surface area contributed by atoms with Gasteiger partial charge in [0.05, 0.1) is 0 Å². The van der Waals surface area contributed by atoms with Crippen LogP contribution in [-0.4, -0.2) is 56.9 Å². The first-order valence-corrected chi connectivity index (χ1v) is 15.2. The van der Waals surface area contributed by atoms with E-state index in [2.05, 4.69) is 37.6 Å². The van der Waals surface area contributed by atoms with Crippen LogP contribution in [0.5, 0.6) is 5.75 Å². The molecule has 1 saturated heterocycles. The maximum absolute atomic E-state index is 13.8. The highest BCUT2D eigenvalue weighted by molar-refractivity contribution is 6.03. The van der Waals surface area contributed by atoms with E-state index >= 15 is 0 Å². The van der Waals surface area contributed by atoms with E-state index in [4.69, 9.17) is 0 Å². The number of nitrogens with zero attached hydrogens (tertiary/aromatic N) is 5. The van der Waals surface area contributed by atoms with E-state index in [1.54, 1.807) is 29.2 Å². The Hall–Kier alpha value is -4.16. The molecule has 1 saturated carbocycles. The predicted molar refractivity (Wildman–Crippen MR) is 160 cm³/mol. The van der Waals surface area contributed by atoms with Crippen molar-refractivity contribution in [3.8, 4) is 5.75 Å². The molecule has 1 aromatic heterocycles. The lowest BCUT2D eigenvalue weighted by Gasteiger charge is -2.50. The van der Waals surface area contributed by atoms with Crippen molar-refractivity contribution in [1.82, 2.24) is 25.5 Å². The topological polar surface area (TPSA) is 116 Å². The lowest BCUT2D eigenvalue weighted by Crippen LogP contribution is -2.59. The monoisotopic (exact) mass is 615 g/mol. The minimum Gasteiger partial charge on any atom is -0.406 e. The van der Waals surface area contributed by atoms with Crippen LogP contribution >= 0.6 is 0 Å². The van der Waals surface area contributed by atoms with Gasteiger partial charge in [-0.1, -0.05) is 57.3 Å². The van der Waals surface area contributed by atoms with E-state index in [-0.39, 0.29) is 29.1 Å². The summed E-state index contributed by atoms with van der Waals surface area (Å²) in [5.41, 5.74) is 1.66. The van der Waals surface area contributed by atoms with Crippen LogP contribution in [0.25, 0.3) is 0 Å². The molecule has 2 fully saturated rings. The first-order valence-electron chi connectivity index (χ1n) is 15.2. The third-order valence-electron chi connectivity index (χ3n) is 8.20. The second kappa shape index (κ2) is 14.5. The maximum atomic E-state index is 13.8. The highest BCUT2D eigenvalue weighted by Crippen LogP contribution is 2.45. The molecule has 44 heavy (non-hydrogen) atoms. The quantitative estimate of drug-likeness (QED) is 0.263. The molecule has 0 radical (unpaired) electrons. The first-order chi connectivity index (χ1) is 21.1. The smallest absolute Gasteiger partial charge is 0.406 e. The van der Waals surface area contributed by atoms with Gasteiger partial charge in [-0.15, -0.1) is 18.3 Å². The van der Waals surface area contributed by atoms with E-state index in [9.17, 15) is 22.8 Å². The van der Waals surface area contributed by atoms with Gasteiger partial charge in [-0.2, -0.15) is 5.21 Å². The predicted octanol–water partition coefficient (Wildman–Crippen LogP) is 7.19. The van der Waals surface area contributed by atoms with E-state index in [0.29, 0.717) is 36.8 Å². The fourth-order valence-electron chi connectivity index (χ4n) is 6.01. The van der Waals surface area contributed by atoms with E-state index in [1.807, 2.05) is 18.7 Å². The zero-order valence-corrected chi connectivity index (χ0v) is 25.4. The number of aromatic amines is 1. The van der Waals surface area contributed by atoms with Crippen molar-refractivity contribution in [2.75, 3.05) is 23.3 Å². The van der Waals surface area contributed by atoms with Crippen molar-refractivity contribution in [2.24, 2.45) is 11.3 Å². The van der Waals surface area contributed by atoms with Crippen molar-refractivity contribution in [3.63, 3.8) is 0 Å². The fourth-order valence-corrected chi connectivity index (χ4v) is 6.01. The summed E-state index contributed by atoms with van der Waals surface area (Å²) in [5.74, 6) is 0.0259. The van der Waals surface area contributed by atoms with Gasteiger partial charge in [-0.3, -0.25) is 15.0 Å². The molecule has 1 aliphatic carbocycles. The van der Waals surface area contributed by atoms with Crippen LogP contribution in [0.3, 0.4) is 0 Å². The molecule has 3 aromatic rings. The molecule has 2 aliphatic rings. The van der Waals surface area contributed by atoms with Gasteiger partial charge >= 0.3 is 12.4 Å². The molecule has 0 unspecified atom stereocenters. The molecule has 0 atom stereocenters. The van der Waals surface area contributed by atoms with Crippen molar-refractivity contribution < 1.29 is 27.5 Å². The van der Waals surface area contributed by atoms with Crippen LogP contribution in [-0.2, 0) is 6.54 Å². The van der Waals surface area contributed by atoms with Crippen molar-refractivity contribution in [1.29, 1.82) is 0 Å². The third-order valence-corrected chi connectivity index (χ3v) is 8.20. The largest absolute Gasteiger partial charge is 0.573 e. The summed E-state index contributed by atoms with van der Waals surface area (Å²) in [6.07, 6.45) is 2.96. The van der Waals surface area contributed by atoms with Crippen molar-refractivity contribution >= 4 is 23.6 Å². The molecule has 10 nitrogen and oxygen atoms in total. The molecule has 1 aliphatic heterocycles. The van der Waals surface area contributed by atoms with Gasteiger partial charge in [-0.25, -0.2) is 4.79 Å². The summed E-state index contributed by atoms with van der Waals surface area (Å²) < 4.78 is 42.1. The lowest BCUT2D eigenvalue weighted by molar-refractivity contribution is -0.274. The number of anilines is 2. The number of benzene rings is 2. The minimum absolute atomic E-state index is 0.0656. The molecule has 238 valence electrons. The Labute approximate surface area is 255 Å². The summed E-state index contributed by atoms with van der Waals surface area (Å²) in [6.45, 7) is 7.64.